The molecule has 1 fully saturated rings. The topological polar surface area (TPSA) is 35.5 Å². The van der Waals surface area contributed by atoms with Gasteiger partial charge in [0.25, 0.3) is 0 Å². The molecule has 1 aliphatic heterocycles. The van der Waals surface area contributed by atoms with Crippen molar-refractivity contribution >= 4 is 0 Å². The van der Waals surface area contributed by atoms with E-state index < -0.39 is 0 Å². The van der Waals surface area contributed by atoms with Crippen LogP contribution < -0.4 is 5.32 Å². The van der Waals surface area contributed by atoms with Crippen molar-refractivity contribution in [2.45, 2.75) is 39.7 Å². The summed E-state index contributed by atoms with van der Waals surface area (Å²) >= 11 is 0. The van der Waals surface area contributed by atoms with Crippen LogP contribution in [0.2, 0.25) is 0 Å². The summed E-state index contributed by atoms with van der Waals surface area (Å²) < 4.78 is 0. The van der Waals surface area contributed by atoms with Gasteiger partial charge < -0.3 is 15.3 Å². The van der Waals surface area contributed by atoms with Crippen molar-refractivity contribution in [1.82, 2.24) is 10.2 Å². The lowest BCUT2D eigenvalue weighted by atomic mass is 9.84. The van der Waals surface area contributed by atoms with Gasteiger partial charge in [-0.15, -0.1) is 0 Å². The zero-order chi connectivity index (χ0) is 11.3. The quantitative estimate of drug-likeness (QED) is 0.719. The summed E-state index contributed by atoms with van der Waals surface area (Å²) in [5.41, 5.74) is 0.449. The molecule has 1 heterocycles. The molecule has 1 rings (SSSR count). The van der Waals surface area contributed by atoms with Crippen molar-refractivity contribution in [3.05, 3.63) is 0 Å². The molecule has 0 aliphatic carbocycles. The highest BCUT2D eigenvalue weighted by Crippen LogP contribution is 2.28. The van der Waals surface area contributed by atoms with Gasteiger partial charge in [0, 0.05) is 19.1 Å². The molecule has 0 bridgehead atoms. The molecule has 0 spiro atoms. The molecule has 15 heavy (non-hydrogen) atoms. The lowest BCUT2D eigenvalue weighted by Gasteiger charge is -2.39. The first-order valence-corrected chi connectivity index (χ1v) is 6.14. The van der Waals surface area contributed by atoms with Crippen molar-refractivity contribution in [2.24, 2.45) is 5.41 Å². The Kier molecular flexibility index (Phi) is 5.03. The summed E-state index contributed by atoms with van der Waals surface area (Å²) in [5.74, 6) is 0. The lowest BCUT2D eigenvalue weighted by molar-refractivity contribution is 0.0957. The molecular formula is C12H26N2O. The van der Waals surface area contributed by atoms with Crippen molar-refractivity contribution in [3.8, 4) is 0 Å². The lowest BCUT2D eigenvalue weighted by Crippen LogP contribution is -2.48. The van der Waals surface area contributed by atoms with Crippen molar-refractivity contribution in [3.63, 3.8) is 0 Å². The third-order valence-electron chi connectivity index (χ3n) is 3.17. The van der Waals surface area contributed by atoms with Crippen LogP contribution in [0.25, 0.3) is 0 Å². The van der Waals surface area contributed by atoms with Gasteiger partial charge in [0.05, 0.1) is 6.61 Å². The van der Waals surface area contributed by atoms with Crippen LogP contribution in [-0.2, 0) is 0 Å². The van der Waals surface area contributed by atoms with Crippen LogP contribution in [0.15, 0.2) is 0 Å². The summed E-state index contributed by atoms with van der Waals surface area (Å²) in [7, 11) is 0. The van der Waals surface area contributed by atoms with Gasteiger partial charge in [-0.05, 0) is 31.3 Å². The molecule has 0 aromatic rings. The number of nitrogens with one attached hydrogen (secondary N) is 1. The Morgan fingerprint density at radius 2 is 2.20 bits per heavy atom. The number of nitrogens with zero attached hydrogens (tertiary/aromatic N) is 1. The van der Waals surface area contributed by atoms with E-state index in [1.54, 1.807) is 0 Å². The molecule has 1 unspecified atom stereocenters. The number of hydrogen-bond acceptors (Lipinski definition) is 3. The van der Waals surface area contributed by atoms with Gasteiger partial charge in [-0.3, -0.25) is 0 Å². The predicted molar refractivity (Wildman–Crippen MR) is 64.0 cm³/mol. The maximum absolute atomic E-state index is 9.23. The van der Waals surface area contributed by atoms with Crippen LogP contribution in [0.4, 0.5) is 0 Å². The maximum Gasteiger partial charge on any atom is 0.0597 e. The minimum Gasteiger partial charge on any atom is -0.395 e. The predicted octanol–water partition coefficient (Wildman–Crippen LogP) is 1.08. The average molecular weight is 214 g/mol. The van der Waals surface area contributed by atoms with Crippen LogP contribution in [-0.4, -0.2) is 48.8 Å². The highest BCUT2D eigenvalue weighted by molar-refractivity contribution is 4.82. The summed E-state index contributed by atoms with van der Waals surface area (Å²) in [5, 5.41) is 12.5. The number of likely N-dealkylation sites (N-methyl/N-ethyl adjacent to an activating group) is 1. The van der Waals surface area contributed by atoms with E-state index in [1.165, 1.54) is 19.4 Å². The second-order valence-corrected chi connectivity index (χ2v) is 5.44. The van der Waals surface area contributed by atoms with Crippen molar-refractivity contribution in [2.75, 3.05) is 32.8 Å². The Balaban J connectivity index is 2.36. The molecule has 1 aliphatic rings. The first-order valence-electron chi connectivity index (χ1n) is 6.14. The molecule has 0 radical (unpaired) electrons. The minimum absolute atomic E-state index is 0.240. The summed E-state index contributed by atoms with van der Waals surface area (Å²) in [6.07, 6.45) is 2.62. The average Bonchev–Trinajstić information content (AvgIpc) is 2.15. The smallest absolute Gasteiger partial charge is 0.0597 e. The van der Waals surface area contributed by atoms with Gasteiger partial charge in [-0.2, -0.15) is 0 Å². The Hall–Kier alpha value is -0.120. The molecule has 0 aromatic carbocycles. The van der Waals surface area contributed by atoms with Gasteiger partial charge in [-0.25, -0.2) is 0 Å². The maximum atomic E-state index is 9.23. The molecule has 3 nitrogen and oxygen atoms in total. The number of aliphatic hydroxyl groups is 1. The summed E-state index contributed by atoms with van der Waals surface area (Å²) in [4.78, 5) is 2.48. The number of piperidine rings is 1. The van der Waals surface area contributed by atoms with Gasteiger partial charge in [-0.1, -0.05) is 20.8 Å². The first-order chi connectivity index (χ1) is 7.07. The number of aliphatic hydroxyl groups excluding tert-OH is 1. The third kappa shape index (κ3) is 4.49. The van der Waals surface area contributed by atoms with E-state index >= 15 is 0 Å². The molecule has 90 valence electrons. The van der Waals surface area contributed by atoms with Crippen molar-refractivity contribution in [1.29, 1.82) is 0 Å². The monoisotopic (exact) mass is 214 g/mol. The number of likely N-dealkylation sites (tertiary alicyclic amines) is 1. The summed E-state index contributed by atoms with van der Waals surface area (Å²) in [6.45, 7) is 11.3. The fourth-order valence-electron chi connectivity index (χ4n) is 2.49. The van der Waals surface area contributed by atoms with E-state index in [1.807, 2.05) is 0 Å². The van der Waals surface area contributed by atoms with Crippen LogP contribution in [0.5, 0.6) is 0 Å². The fourth-order valence-corrected chi connectivity index (χ4v) is 2.49. The highest BCUT2D eigenvalue weighted by atomic mass is 16.3. The molecule has 0 amide bonds. The van der Waals surface area contributed by atoms with Crippen molar-refractivity contribution < 1.29 is 5.11 Å². The molecule has 1 saturated heterocycles. The molecule has 1 atom stereocenters. The minimum atomic E-state index is 0.240. The second-order valence-electron chi connectivity index (χ2n) is 5.44. The van der Waals surface area contributed by atoms with Gasteiger partial charge >= 0.3 is 0 Å². The van der Waals surface area contributed by atoms with Crippen LogP contribution >= 0.6 is 0 Å². The SMILES string of the molecule is CCNC(CO)CN1CCCC(C)(C)C1. The zero-order valence-corrected chi connectivity index (χ0v) is 10.4. The van der Waals surface area contributed by atoms with Crippen LogP contribution in [0, 0.1) is 5.41 Å². The first kappa shape index (κ1) is 12.9. The van der Waals surface area contributed by atoms with E-state index in [4.69, 9.17) is 0 Å². The Labute approximate surface area is 93.9 Å². The largest absolute Gasteiger partial charge is 0.395 e. The fraction of sp³-hybridized carbons (Fsp3) is 1.00. The second kappa shape index (κ2) is 5.83. The van der Waals surface area contributed by atoms with Crippen LogP contribution in [0.3, 0.4) is 0 Å². The van der Waals surface area contributed by atoms with Gasteiger partial charge in [0.15, 0.2) is 0 Å². The molecule has 2 N–H and O–H groups in total. The summed E-state index contributed by atoms with van der Waals surface area (Å²) in [6, 6.07) is 0.240. The molecule has 0 saturated carbocycles. The third-order valence-corrected chi connectivity index (χ3v) is 3.17. The van der Waals surface area contributed by atoms with Gasteiger partial charge in [0.2, 0.25) is 0 Å². The molecule has 3 heteroatoms. The molecular weight excluding hydrogens is 188 g/mol. The number of rotatable bonds is 5. The zero-order valence-electron chi connectivity index (χ0n) is 10.4. The highest BCUT2D eigenvalue weighted by Gasteiger charge is 2.27. The normalized spacial score (nSPS) is 24.0. The van der Waals surface area contributed by atoms with E-state index in [2.05, 4.69) is 31.0 Å². The van der Waals surface area contributed by atoms with Gasteiger partial charge in [0.1, 0.15) is 0 Å². The Bertz CT molecular complexity index is 182. The Morgan fingerprint density at radius 3 is 2.73 bits per heavy atom. The Morgan fingerprint density at radius 1 is 1.47 bits per heavy atom. The van der Waals surface area contributed by atoms with E-state index in [9.17, 15) is 5.11 Å². The van der Waals surface area contributed by atoms with E-state index in [0.717, 1.165) is 19.6 Å². The standard InChI is InChI=1S/C12H26N2O/c1-4-13-11(9-15)8-14-7-5-6-12(2,3)10-14/h11,13,15H,4-10H2,1-3H3. The van der Waals surface area contributed by atoms with Crippen LogP contribution in [0.1, 0.15) is 33.6 Å². The van der Waals surface area contributed by atoms with E-state index in [0.29, 0.717) is 5.41 Å². The number of hydrogen-bond donors (Lipinski definition) is 2. The van der Waals surface area contributed by atoms with E-state index in [-0.39, 0.29) is 12.6 Å². The molecule has 0 aromatic heterocycles.